The van der Waals surface area contributed by atoms with Crippen LogP contribution in [-0.2, 0) is 15.8 Å². The molecule has 1 saturated carbocycles. The van der Waals surface area contributed by atoms with Crippen LogP contribution in [-0.4, -0.2) is 46.9 Å². The third-order valence-corrected chi connectivity index (χ3v) is 7.81. The molecule has 0 spiro atoms. The standard InChI is InChI=1S/C30H31F3N6O3/c1-4-27(41)35-22-6-5-7-23(13-22)36-28-24(30(31,32)33)14-34-29(38-28)37-25-9-8-18(12-26(25)42-3)19-10-20-15-39(17(2)40)16-21(20)11-19/h4-9,12-14,19-21H,1,10-11,15-16H2,2-3H3,(H,35,41)(H2,34,36,37,38)/t19?,20-,21+. The molecule has 3 atom stereocenters. The normalized spacial score (nSPS) is 19.6. The highest BCUT2D eigenvalue weighted by Crippen LogP contribution is 2.47. The van der Waals surface area contributed by atoms with Crippen LogP contribution in [0.1, 0.15) is 36.8 Å². The Balaban J connectivity index is 1.35. The summed E-state index contributed by atoms with van der Waals surface area (Å²) in [6, 6.07) is 11.9. The molecule has 2 amide bonds. The summed E-state index contributed by atoms with van der Waals surface area (Å²) in [6.07, 6.45) is -0.938. The van der Waals surface area contributed by atoms with Gasteiger partial charge in [0.1, 0.15) is 17.1 Å². The van der Waals surface area contributed by atoms with E-state index in [1.807, 2.05) is 23.1 Å². The number of fused-ring (bicyclic) bond motifs is 1. The summed E-state index contributed by atoms with van der Waals surface area (Å²) < 4.78 is 47.1. The van der Waals surface area contributed by atoms with Crippen LogP contribution < -0.4 is 20.7 Å². The van der Waals surface area contributed by atoms with Crippen LogP contribution in [0.4, 0.5) is 42.0 Å². The van der Waals surface area contributed by atoms with Crippen molar-refractivity contribution in [3.05, 3.63) is 72.4 Å². The van der Waals surface area contributed by atoms with Gasteiger partial charge < -0.3 is 25.6 Å². The first-order chi connectivity index (χ1) is 20.0. The van der Waals surface area contributed by atoms with Crippen LogP contribution >= 0.6 is 0 Å². The Morgan fingerprint density at radius 2 is 1.79 bits per heavy atom. The van der Waals surface area contributed by atoms with Gasteiger partial charge in [-0.1, -0.05) is 18.7 Å². The number of likely N-dealkylation sites (tertiary alicyclic amines) is 1. The monoisotopic (exact) mass is 580 g/mol. The minimum Gasteiger partial charge on any atom is -0.495 e. The van der Waals surface area contributed by atoms with E-state index in [-0.39, 0.29) is 17.5 Å². The molecule has 1 aliphatic carbocycles. The molecule has 3 N–H and O–H groups in total. The van der Waals surface area contributed by atoms with Crippen LogP contribution in [0.25, 0.3) is 0 Å². The number of amides is 2. The van der Waals surface area contributed by atoms with Gasteiger partial charge in [0.25, 0.3) is 0 Å². The van der Waals surface area contributed by atoms with Crippen LogP contribution in [0.15, 0.2) is 61.3 Å². The van der Waals surface area contributed by atoms with Crippen LogP contribution in [0.5, 0.6) is 5.75 Å². The molecule has 220 valence electrons. The predicted octanol–water partition coefficient (Wildman–Crippen LogP) is 6.09. The van der Waals surface area contributed by atoms with Gasteiger partial charge in [0, 0.05) is 37.6 Å². The molecule has 2 aromatic carbocycles. The lowest BCUT2D eigenvalue weighted by Crippen LogP contribution is -2.27. The van der Waals surface area contributed by atoms with Crippen molar-refractivity contribution in [3.8, 4) is 5.75 Å². The minimum absolute atomic E-state index is 0.0626. The molecule has 3 aromatic rings. The Morgan fingerprint density at radius 1 is 1.07 bits per heavy atom. The third kappa shape index (κ3) is 6.32. The lowest BCUT2D eigenvalue weighted by Gasteiger charge is -2.19. The quantitative estimate of drug-likeness (QED) is 0.277. The molecule has 9 nitrogen and oxygen atoms in total. The lowest BCUT2D eigenvalue weighted by molar-refractivity contribution is -0.137. The second-order valence-electron chi connectivity index (χ2n) is 10.6. The summed E-state index contributed by atoms with van der Waals surface area (Å²) >= 11 is 0. The maximum Gasteiger partial charge on any atom is 0.421 e. The molecule has 0 bridgehead atoms. The Bertz CT molecular complexity index is 1500. The number of hydrogen-bond acceptors (Lipinski definition) is 7. The van der Waals surface area contributed by atoms with Gasteiger partial charge in [0.15, 0.2) is 0 Å². The number of halogens is 3. The van der Waals surface area contributed by atoms with E-state index in [9.17, 15) is 22.8 Å². The summed E-state index contributed by atoms with van der Waals surface area (Å²) in [7, 11) is 1.52. The molecule has 42 heavy (non-hydrogen) atoms. The topological polar surface area (TPSA) is 108 Å². The van der Waals surface area contributed by atoms with Crippen molar-refractivity contribution in [3.63, 3.8) is 0 Å². The first kappa shape index (κ1) is 28.9. The molecule has 12 heteroatoms. The SMILES string of the molecule is C=CC(=O)Nc1cccc(Nc2nc(Nc3ccc(C4C[C@@H]5CN(C(C)=O)C[C@@H]5C4)cc3OC)ncc2C(F)(F)F)c1. The van der Waals surface area contributed by atoms with Crippen LogP contribution in [0.2, 0.25) is 0 Å². The number of rotatable bonds is 8. The lowest BCUT2D eigenvalue weighted by atomic mass is 9.95. The number of nitrogens with one attached hydrogen (secondary N) is 3. The molecule has 5 rings (SSSR count). The van der Waals surface area contributed by atoms with Gasteiger partial charge in [-0.2, -0.15) is 18.2 Å². The van der Waals surface area contributed by atoms with Crippen molar-refractivity contribution >= 4 is 40.6 Å². The summed E-state index contributed by atoms with van der Waals surface area (Å²) in [6.45, 7) is 6.59. The van der Waals surface area contributed by atoms with Crippen molar-refractivity contribution in [1.82, 2.24) is 14.9 Å². The first-order valence-electron chi connectivity index (χ1n) is 13.5. The fraction of sp³-hybridized carbons (Fsp3) is 0.333. The van der Waals surface area contributed by atoms with Gasteiger partial charge in [0.05, 0.1) is 12.8 Å². The maximum absolute atomic E-state index is 13.8. The van der Waals surface area contributed by atoms with Gasteiger partial charge in [-0.25, -0.2) is 4.98 Å². The average molecular weight is 581 g/mol. The molecule has 1 unspecified atom stereocenters. The zero-order chi connectivity index (χ0) is 30.0. The average Bonchev–Trinajstić information content (AvgIpc) is 3.53. The predicted molar refractivity (Wildman–Crippen MR) is 153 cm³/mol. The zero-order valence-electron chi connectivity index (χ0n) is 23.2. The second-order valence-corrected chi connectivity index (χ2v) is 10.6. The number of nitrogens with zero attached hydrogens (tertiary/aromatic N) is 3. The first-order valence-corrected chi connectivity index (χ1v) is 13.5. The molecule has 2 fully saturated rings. The Morgan fingerprint density at radius 3 is 2.43 bits per heavy atom. The smallest absolute Gasteiger partial charge is 0.421 e. The van der Waals surface area contributed by atoms with E-state index >= 15 is 0 Å². The van der Waals surface area contributed by atoms with E-state index in [0.717, 1.165) is 37.6 Å². The molecule has 1 aromatic heterocycles. The fourth-order valence-electron chi connectivity index (χ4n) is 5.76. The van der Waals surface area contributed by atoms with E-state index in [0.29, 0.717) is 41.1 Å². The number of methoxy groups -OCH3 is 1. The van der Waals surface area contributed by atoms with Gasteiger partial charge in [-0.3, -0.25) is 9.59 Å². The van der Waals surface area contributed by atoms with E-state index < -0.39 is 23.5 Å². The number of ether oxygens (including phenoxy) is 1. The van der Waals surface area contributed by atoms with Gasteiger partial charge in [-0.15, -0.1) is 0 Å². The highest BCUT2D eigenvalue weighted by atomic mass is 19.4. The summed E-state index contributed by atoms with van der Waals surface area (Å²) in [5, 5.41) is 8.25. The minimum atomic E-state index is -4.71. The number of hydrogen-bond donors (Lipinski definition) is 3. The number of alkyl halides is 3. The van der Waals surface area contributed by atoms with Crippen molar-refractivity contribution in [1.29, 1.82) is 0 Å². The largest absolute Gasteiger partial charge is 0.495 e. The van der Waals surface area contributed by atoms with Crippen LogP contribution in [0, 0.1) is 11.8 Å². The number of carbonyl (C=O) groups excluding carboxylic acids is 2. The Kier molecular flexibility index (Phi) is 8.06. The number of benzene rings is 2. The number of aromatic nitrogens is 2. The Hall–Kier alpha value is -4.61. The second kappa shape index (κ2) is 11.7. The molecular formula is C30H31F3N6O3. The number of anilines is 5. The van der Waals surface area contributed by atoms with E-state index in [4.69, 9.17) is 4.74 Å². The van der Waals surface area contributed by atoms with Crippen molar-refractivity contribution in [2.75, 3.05) is 36.1 Å². The summed E-state index contributed by atoms with van der Waals surface area (Å²) in [5.41, 5.74) is 1.22. The van der Waals surface area contributed by atoms with E-state index in [2.05, 4.69) is 32.5 Å². The molecule has 1 saturated heterocycles. The van der Waals surface area contributed by atoms with Crippen LogP contribution in [0.3, 0.4) is 0 Å². The van der Waals surface area contributed by atoms with Crippen molar-refractivity contribution < 1.29 is 27.5 Å². The molecular weight excluding hydrogens is 549 g/mol. The number of carbonyl (C=O) groups is 2. The van der Waals surface area contributed by atoms with Gasteiger partial charge in [-0.05, 0) is 72.6 Å². The van der Waals surface area contributed by atoms with Crippen molar-refractivity contribution in [2.45, 2.75) is 31.9 Å². The molecule has 0 radical (unpaired) electrons. The molecule has 1 aliphatic heterocycles. The van der Waals surface area contributed by atoms with E-state index in [1.165, 1.54) is 13.2 Å². The Labute approximate surface area is 241 Å². The zero-order valence-corrected chi connectivity index (χ0v) is 23.2. The van der Waals surface area contributed by atoms with Gasteiger partial charge in [0.2, 0.25) is 17.8 Å². The summed E-state index contributed by atoms with van der Waals surface area (Å²) in [5.74, 6) is 0.953. The van der Waals surface area contributed by atoms with Crippen molar-refractivity contribution in [2.24, 2.45) is 11.8 Å². The third-order valence-electron chi connectivity index (χ3n) is 7.81. The molecule has 2 heterocycles. The highest BCUT2D eigenvalue weighted by molar-refractivity contribution is 5.99. The maximum atomic E-state index is 13.8. The molecule has 2 aliphatic rings. The van der Waals surface area contributed by atoms with Gasteiger partial charge >= 0.3 is 6.18 Å². The summed E-state index contributed by atoms with van der Waals surface area (Å²) in [4.78, 5) is 33.3. The van der Waals surface area contributed by atoms with E-state index in [1.54, 1.807) is 25.1 Å². The highest BCUT2D eigenvalue weighted by Gasteiger charge is 2.42. The fourth-order valence-corrected chi connectivity index (χ4v) is 5.76.